The molecular weight excluding hydrogens is 324 g/mol. The number of benzene rings is 3. The highest BCUT2D eigenvalue weighted by atomic mass is 16.3. The van der Waals surface area contributed by atoms with E-state index in [-0.39, 0.29) is 0 Å². The summed E-state index contributed by atoms with van der Waals surface area (Å²) >= 11 is 0. The summed E-state index contributed by atoms with van der Waals surface area (Å²) < 4.78 is 1.88. The first-order valence-corrected chi connectivity index (χ1v) is 8.62. The molecule has 0 saturated heterocycles. The minimum atomic E-state index is 0.304. The zero-order chi connectivity index (χ0) is 18.3. The van der Waals surface area contributed by atoms with Gasteiger partial charge in [0.1, 0.15) is 5.75 Å². The fourth-order valence-corrected chi connectivity index (χ4v) is 3.37. The molecule has 4 rings (SSSR count). The summed E-state index contributed by atoms with van der Waals surface area (Å²) in [6, 6.07) is 18.0. The lowest BCUT2D eigenvalue weighted by molar-refractivity contribution is 0.468. The largest absolute Gasteiger partial charge is 0.508 e. The van der Waals surface area contributed by atoms with Gasteiger partial charge in [0.05, 0.1) is 5.69 Å². The van der Waals surface area contributed by atoms with E-state index in [4.69, 9.17) is 5.73 Å². The first-order chi connectivity index (χ1) is 12.6. The Hall–Kier alpha value is -3.34. The SMILES string of the molecule is CCc1cc(-c2nnc(N)n2-c2cccc3ccccc23)c(C)cc1O. The van der Waals surface area contributed by atoms with Crippen LogP contribution in [0.15, 0.2) is 54.6 Å². The summed E-state index contributed by atoms with van der Waals surface area (Å²) in [5.41, 5.74) is 9.84. The molecule has 5 nitrogen and oxygen atoms in total. The van der Waals surface area contributed by atoms with Crippen molar-refractivity contribution in [2.24, 2.45) is 0 Å². The van der Waals surface area contributed by atoms with Gasteiger partial charge in [-0.3, -0.25) is 4.57 Å². The minimum Gasteiger partial charge on any atom is -0.508 e. The standard InChI is InChI=1S/C21H20N4O/c1-3-14-12-17(13(2)11-19(14)26)20-23-24-21(22)25(20)18-10-6-8-15-7-4-5-9-16(15)18/h4-12,26H,3H2,1-2H3,(H2,22,24). The van der Waals surface area contributed by atoms with Gasteiger partial charge in [0.25, 0.3) is 0 Å². The van der Waals surface area contributed by atoms with E-state index in [0.717, 1.165) is 39.6 Å². The van der Waals surface area contributed by atoms with Crippen molar-refractivity contribution in [3.63, 3.8) is 0 Å². The number of nitrogen functional groups attached to an aromatic ring is 1. The maximum Gasteiger partial charge on any atom is 0.226 e. The van der Waals surface area contributed by atoms with Crippen LogP contribution < -0.4 is 5.73 Å². The second-order valence-corrected chi connectivity index (χ2v) is 6.36. The van der Waals surface area contributed by atoms with Crippen LogP contribution in [0.2, 0.25) is 0 Å². The van der Waals surface area contributed by atoms with Crippen LogP contribution in [0.5, 0.6) is 5.75 Å². The quantitative estimate of drug-likeness (QED) is 0.582. The van der Waals surface area contributed by atoms with Gasteiger partial charge >= 0.3 is 0 Å². The highest BCUT2D eigenvalue weighted by Crippen LogP contribution is 2.33. The zero-order valence-electron chi connectivity index (χ0n) is 14.8. The van der Waals surface area contributed by atoms with Crippen molar-refractivity contribution in [3.8, 4) is 22.8 Å². The molecule has 130 valence electrons. The maximum atomic E-state index is 10.1. The molecule has 1 aromatic heterocycles. The van der Waals surface area contributed by atoms with Gasteiger partial charge in [-0.25, -0.2) is 0 Å². The van der Waals surface area contributed by atoms with Crippen LogP contribution in [-0.4, -0.2) is 19.9 Å². The summed E-state index contributed by atoms with van der Waals surface area (Å²) in [4.78, 5) is 0. The Balaban J connectivity index is 2.01. The molecule has 4 aromatic rings. The number of anilines is 1. The van der Waals surface area contributed by atoms with Crippen molar-refractivity contribution < 1.29 is 5.11 Å². The second kappa shape index (κ2) is 6.19. The number of hydrogen-bond acceptors (Lipinski definition) is 4. The third-order valence-corrected chi connectivity index (χ3v) is 4.74. The number of hydrogen-bond donors (Lipinski definition) is 2. The molecule has 0 unspecified atom stereocenters. The van der Waals surface area contributed by atoms with Crippen LogP contribution in [0, 0.1) is 6.92 Å². The Morgan fingerprint density at radius 3 is 2.62 bits per heavy atom. The van der Waals surface area contributed by atoms with Crippen LogP contribution >= 0.6 is 0 Å². The van der Waals surface area contributed by atoms with Crippen LogP contribution in [0.1, 0.15) is 18.1 Å². The Kier molecular flexibility index (Phi) is 3.84. The van der Waals surface area contributed by atoms with Crippen LogP contribution in [-0.2, 0) is 6.42 Å². The fourth-order valence-electron chi connectivity index (χ4n) is 3.37. The number of rotatable bonds is 3. The van der Waals surface area contributed by atoms with E-state index < -0.39 is 0 Å². The van der Waals surface area contributed by atoms with Crippen molar-refractivity contribution in [1.29, 1.82) is 0 Å². The van der Waals surface area contributed by atoms with E-state index in [0.29, 0.717) is 17.5 Å². The van der Waals surface area contributed by atoms with E-state index >= 15 is 0 Å². The van der Waals surface area contributed by atoms with E-state index in [1.165, 1.54) is 0 Å². The maximum absolute atomic E-state index is 10.1. The summed E-state index contributed by atoms with van der Waals surface area (Å²) in [5, 5.41) is 20.8. The Morgan fingerprint density at radius 1 is 1.04 bits per heavy atom. The summed E-state index contributed by atoms with van der Waals surface area (Å²) in [5.74, 6) is 1.31. The molecule has 0 aliphatic carbocycles. The predicted molar refractivity (Wildman–Crippen MR) is 104 cm³/mol. The van der Waals surface area contributed by atoms with E-state index in [1.807, 2.05) is 48.7 Å². The van der Waals surface area contributed by atoms with Crippen molar-refractivity contribution in [2.75, 3.05) is 5.73 Å². The topological polar surface area (TPSA) is 77.0 Å². The number of aromatic hydroxyl groups is 1. The molecule has 0 aliphatic rings. The van der Waals surface area contributed by atoms with Crippen LogP contribution in [0.3, 0.4) is 0 Å². The molecule has 0 aliphatic heterocycles. The lowest BCUT2D eigenvalue weighted by Gasteiger charge is -2.14. The van der Waals surface area contributed by atoms with Crippen molar-refractivity contribution in [3.05, 3.63) is 65.7 Å². The highest BCUT2D eigenvalue weighted by Gasteiger charge is 2.18. The number of nitrogens with zero attached hydrogens (tertiary/aromatic N) is 3. The predicted octanol–water partition coefficient (Wildman–Crippen LogP) is 4.25. The number of aryl methyl sites for hydroxylation is 2. The lowest BCUT2D eigenvalue weighted by Crippen LogP contribution is -2.04. The lowest BCUT2D eigenvalue weighted by atomic mass is 10.0. The molecule has 0 fully saturated rings. The number of phenolic OH excluding ortho intramolecular Hbond substituents is 1. The highest BCUT2D eigenvalue weighted by molar-refractivity contribution is 5.91. The Labute approximate surface area is 151 Å². The molecule has 0 amide bonds. The molecule has 26 heavy (non-hydrogen) atoms. The van der Waals surface area contributed by atoms with Crippen LogP contribution in [0.25, 0.3) is 27.8 Å². The molecule has 1 heterocycles. The van der Waals surface area contributed by atoms with Crippen molar-refractivity contribution in [1.82, 2.24) is 14.8 Å². The smallest absolute Gasteiger partial charge is 0.226 e. The van der Waals surface area contributed by atoms with E-state index in [2.05, 4.69) is 28.4 Å². The van der Waals surface area contributed by atoms with Gasteiger partial charge in [-0.05, 0) is 48.1 Å². The number of fused-ring (bicyclic) bond motifs is 1. The zero-order valence-corrected chi connectivity index (χ0v) is 14.8. The molecule has 3 N–H and O–H groups in total. The monoisotopic (exact) mass is 344 g/mol. The summed E-state index contributed by atoms with van der Waals surface area (Å²) in [6.07, 6.45) is 0.733. The summed E-state index contributed by atoms with van der Waals surface area (Å²) in [6.45, 7) is 3.96. The third kappa shape index (κ3) is 2.49. The van der Waals surface area contributed by atoms with Gasteiger partial charge in [-0.1, -0.05) is 43.3 Å². The van der Waals surface area contributed by atoms with Gasteiger partial charge < -0.3 is 10.8 Å². The van der Waals surface area contributed by atoms with Crippen molar-refractivity contribution in [2.45, 2.75) is 20.3 Å². The molecule has 3 aromatic carbocycles. The molecular formula is C21H20N4O. The summed E-state index contributed by atoms with van der Waals surface area (Å²) in [7, 11) is 0. The molecule has 5 heteroatoms. The average Bonchev–Trinajstić information content (AvgIpc) is 3.02. The van der Waals surface area contributed by atoms with Gasteiger partial charge in [0.15, 0.2) is 5.82 Å². The minimum absolute atomic E-state index is 0.304. The first-order valence-electron chi connectivity index (χ1n) is 8.62. The van der Waals surface area contributed by atoms with Gasteiger partial charge in [0, 0.05) is 10.9 Å². The number of nitrogens with two attached hydrogens (primary N) is 1. The number of phenols is 1. The van der Waals surface area contributed by atoms with Gasteiger partial charge in [-0.2, -0.15) is 0 Å². The van der Waals surface area contributed by atoms with Crippen molar-refractivity contribution >= 4 is 16.7 Å². The van der Waals surface area contributed by atoms with E-state index in [1.54, 1.807) is 6.07 Å². The normalized spacial score (nSPS) is 11.2. The Morgan fingerprint density at radius 2 is 1.81 bits per heavy atom. The molecule has 0 atom stereocenters. The first kappa shape index (κ1) is 16.1. The second-order valence-electron chi connectivity index (χ2n) is 6.36. The third-order valence-electron chi connectivity index (χ3n) is 4.74. The number of aromatic nitrogens is 3. The van der Waals surface area contributed by atoms with Gasteiger partial charge in [-0.15, -0.1) is 10.2 Å². The fraction of sp³-hybridized carbons (Fsp3) is 0.143. The van der Waals surface area contributed by atoms with Gasteiger partial charge in [0.2, 0.25) is 5.95 Å². The van der Waals surface area contributed by atoms with Crippen LogP contribution in [0.4, 0.5) is 5.95 Å². The average molecular weight is 344 g/mol. The van der Waals surface area contributed by atoms with E-state index in [9.17, 15) is 5.11 Å². The molecule has 0 saturated carbocycles. The molecule has 0 spiro atoms. The molecule has 0 bridgehead atoms. The molecule has 0 radical (unpaired) electrons. The Bertz CT molecular complexity index is 1110.